The van der Waals surface area contributed by atoms with Gasteiger partial charge in [0, 0.05) is 27.2 Å². The third-order valence-corrected chi connectivity index (χ3v) is 5.10. The summed E-state index contributed by atoms with van der Waals surface area (Å²) in [6, 6.07) is 4.06. The van der Waals surface area contributed by atoms with E-state index in [9.17, 15) is 14.4 Å². The number of pyridine rings is 1. The molecule has 0 bridgehead atoms. The lowest BCUT2D eigenvalue weighted by Gasteiger charge is -2.34. The molecular weight excluding hydrogens is 402 g/mol. The molecule has 1 aliphatic heterocycles. The number of hydrogen-bond donors (Lipinski definition) is 2. The predicted molar refractivity (Wildman–Crippen MR) is 114 cm³/mol. The molecule has 172 valence electrons. The Bertz CT molecular complexity index is 794. The molecule has 1 unspecified atom stereocenters. The molecule has 1 aromatic heterocycles. The third-order valence-electron chi connectivity index (χ3n) is 5.10. The highest BCUT2D eigenvalue weighted by Crippen LogP contribution is 2.31. The quantitative estimate of drug-likeness (QED) is 0.572. The van der Waals surface area contributed by atoms with Crippen LogP contribution in [-0.4, -0.2) is 53.4 Å². The van der Waals surface area contributed by atoms with Crippen LogP contribution in [0.3, 0.4) is 0 Å². The fourth-order valence-electron chi connectivity index (χ4n) is 3.36. The van der Waals surface area contributed by atoms with Crippen LogP contribution in [0.2, 0.25) is 0 Å². The van der Waals surface area contributed by atoms with E-state index in [0.29, 0.717) is 12.2 Å². The summed E-state index contributed by atoms with van der Waals surface area (Å²) in [6.07, 6.45) is 0.875. The van der Waals surface area contributed by atoms with Crippen molar-refractivity contribution in [3.63, 3.8) is 0 Å². The lowest BCUT2D eigenvalue weighted by Crippen LogP contribution is -2.59. The van der Waals surface area contributed by atoms with Gasteiger partial charge in [0.05, 0.1) is 11.5 Å². The maximum Gasteiger partial charge on any atom is 0.338 e. The van der Waals surface area contributed by atoms with Crippen molar-refractivity contribution in [2.45, 2.75) is 71.5 Å². The van der Waals surface area contributed by atoms with Crippen molar-refractivity contribution in [2.24, 2.45) is 11.8 Å². The van der Waals surface area contributed by atoms with Crippen LogP contribution in [0.25, 0.3) is 0 Å². The maximum atomic E-state index is 13.3. The average Bonchev–Trinajstić information content (AvgIpc) is 2.96. The van der Waals surface area contributed by atoms with Crippen molar-refractivity contribution in [2.75, 3.05) is 12.4 Å². The number of aromatic nitrogens is 1. The number of amides is 2. The van der Waals surface area contributed by atoms with Crippen molar-refractivity contribution < 1.29 is 28.6 Å². The Morgan fingerprint density at radius 2 is 1.94 bits per heavy atom. The number of hydrogen-bond acceptors (Lipinski definition) is 7. The Labute approximate surface area is 183 Å². The van der Waals surface area contributed by atoms with Crippen molar-refractivity contribution >= 4 is 23.6 Å². The lowest BCUT2D eigenvalue weighted by atomic mass is 9.89. The molecule has 2 N–H and O–H groups in total. The monoisotopic (exact) mass is 435 g/mol. The smallest absolute Gasteiger partial charge is 0.338 e. The van der Waals surface area contributed by atoms with Gasteiger partial charge in [0.25, 0.3) is 5.91 Å². The van der Waals surface area contributed by atoms with Crippen LogP contribution in [0.5, 0.6) is 0 Å². The van der Waals surface area contributed by atoms with E-state index in [1.54, 1.807) is 52.1 Å². The summed E-state index contributed by atoms with van der Waals surface area (Å²) in [5.41, 5.74) is -1.03. The van der Waals surface area contributed by atoms with E-state index in [0.717, 1.165) is 0 Å². The molecule has 31 heavy (non-hydrogen) atoms. The Morgan fingerprint density at radius 1 is 1.26 bits per heavy atom. The first-order chi connectivity index (χ1) is 14.4. The molecule has 2 amide bonds. The molecule has 2 rings (SSSR count). The second-order valence-electron chi connectivity index (χ2n) is 9.05. The lowest BCUT2D eigenvalue weighted by molar-refractivity contribution is -0.162. The summed E-state index contributed by atoms with van der Waals surface area (Å²) in [5, 5.41) is 5.46. The zero-order valence-corrected chi connectivity index (χ0v) is 19.2. The fourth-order valence-corrected chi connectivity index (χ4v) is 3.36. The van der Waals surface area contributed by atoms with E-state index in [1.807, 2.05) is 13.8 Å². The van der Waals surface area contributed by atoms with E-state index in [4.69, 9.17) is 14.2 Å². The molecular formula is C22H33N3O6. The van der Waals surface area contributed by atoms with E-state index in [2.05, 4.69) is 15.6 Å². The zero-order chi connectivity index (χ0) is 23.4. The van der Waals surface area contributed by atoms with Crippen molar-refractivity contribution in [3.8, 4) is 0 Å². The number of rotatable bonds is 9. The number of cyclic esters (lactones) is 1. The van der Waals surface area contributed by atoms with Gasteiger partial charge in [0.1, 0.15) is 11.9 Å². The minimum Gasteiger partial charge on any atom is -0.432 e. The molecule has 9 nitrogen and oxygen atoms in total. The maximum absolute atomic E-state index is 13.3. The normalized spacial score (nSPS) is 20.1. The molecule has 0 radical (unpaired) electrons. The summed E-state index contributed by atoms with van der Waals surface area (Å²) in [4.78, 5) is 42.8. The van der Waals surface area contributed by atoms with Crippen LogP contribution in [0.15, 0.2) is 24.4 Å². The highest BCUT2D eigenvalue weighted by molar-refractivity contribution is 5.98. The number of ether oxygens (including phenoxy) is 3. The average molecular weight is 436 g/mol. The van der Waals surface area contributed by atoms with Gasteiger partial charge in [-0.05, 0) is 38.3 Å². The first-order valence-electron chi connectivity index (χ1n) is 10.3. The minimum absolute atomic E-state index is 0.104. The summed E-state index contributed by atoms with van der Waals surface area (Å²) in [7, 11) is 1.46. The molecule has 1 aliphatic rings. The number of nitrogens with one attached hydrogen (secondary N) is 2. The summed E-state index contributed by atoms with van der Waals surface area (Å²) in [6.45, 7) is 10.5. The van der Waals surface area contributed by atoms with Crippen molar-refractivity contribution in [3.05, 3.63) is 24.4 Å². The van der Waals surface area contributed by atoms with Gasteiger partial charge in [-0.1, -0.05) is 19.9 Å². The highest BCUT2D eigenvalue weighted by Gasteiger charge is 2.49. The van der Waals surface area contributed by atoms with E-state index in [1.165, 1.54) is 7.11 Å². The molecule has 1 saturated heterocycles. The third kappa shape index (κ3) is 6.48. The molecule has 0 aromatic carbocycles. The molecule has 3 atom stereocenters. The minimum atomic E-state index is -1.11. The van der Waals surface area contributed by atoms with Gasteiger partial charge >= 0.3 is 5.97 Å². The summed E-state index contributed by atoms with van der Waals surface area (Å²) >= 11 is 0. The second kappa shape index (κ2) is 9.74. The standard InChI is InChI=1S/C22H33N3O6/c1-13(2)12-14(16-20(28)31-22(5,6)30-16)18(26)25-17(21(3,4)29-7)19(27)24-15-10-8-9-11-23-15/h8-11,13-14,16-17H,12H2,1-7H3,(H,25,26)(H,23,24,27)/t14-,16+,17?/m1/s1. The van der Waals surface area contributed by atoms with Gasteiger partial charge in [-0.3, -0.25) is 9.59 Å². The summed E-state index contributed by atoms with van der Waals surface area (Å²) < 4.78 is 16.4. The highest BCUT2D eigenvalue weighted by atomic mass is 16.8. The molecule has 0 saturated carbocycles. The van der Waals surface area contributed by atoms with Crippen LogP contribution in [-0.2, 0) is 28.6 Å². The Kier molecular flexibility index (Phi) is 7.77. The number of esters is 1. The molecule has 1 aromatic rings. The number of nitrogens with zero attached hydrogens (tertiary/aromatic N) is 1. The number of methoxy groups -OCH3 is 1. The molecule has 0 aliphatic carbocycles. The first kappa shape index (κ1) is 24.7. The molecule has 1 fully saturated rings. The van der Waals surface area contributed by atoms with Crippen molar-refractivity contribution in [1.29, 1.82) is 0 Å². The van der Waals surface area contributed by atoms with Crippen LogP contribution < -0.4 is 10.6 Å². The second-order valence-corrected chi connectivity index (χ2v) is 9.05. The van der Waals surface area contributed by atoms with Gasteiger partial charge in [-0.15, -0.1) is 0 Å². The fraction of sp³-hybridized carbons (Fsp3) is 0.636. The first-order valence-corrected chi connectivity index (χ1v) is 10.3. The summed E-state index contributed by atoms with van der Waals surface area (Å²) in [5.74, 6) is -3.05. The molecule has 9 heteroatoms. The number of carbonyl (C=O) groups is 3. The van der Waals surface area contributed by atoms with Crippen molar-refractivity contribution in [1.82, 2.24) is 10.3 Å². The van der Waals surface area contributed by atoms with Gasteiger partial charge in [-0.25, -0.2) is 9.78 Å². The number of carbonyl (C=O) groups excluding carboxylic acids is 3. The van der Waals surface area contributed by atoms with Gasteiger partial charge in [0.15, 0.2) is 6.10 Å². The van der Waals surface area contributed by atoms with E-state index < -0.39 is 47.2 Å². The van der Waals surface area contributed by atoms with Gasteiger partial charge < -0.3 is 24.8 Å². The van der Waals surface area contributed by atoms with Crippen LogP contribution in [0.1, 0.15) is 48.0 Å². The zero-order valence-electron chi connectivity index (χ0n) is 19.2. The van der Waals surface area contributed by atoms with Crippen LogP contribution in [0.4, 0.5) is 5.82 Å². The van der Waals surface area contributed by atoms with Crippen LogP contribution >= 0.6 is 0 Å². The molecule has 0 spiro atoms. The van der Waals surface area contributed by atoms with Gasteiger partial charge in [-0.2, -0.15) is 0 Å². The SMILES string of the molecule is COC(C)(C)C(NC(=O)[C@H](CC(C)C)[C@@H]1OC(C)(C)OC1=O)C(=O)Nc1ccccn1. The van der Waals surface area contributed by atoms with Crippen LogP contribution in [0, 0.1) is 11.8 Å². The molecule has 2 heterocycles. The van der Waals surface area contributed by atoms with E-state index >= 15 is 0 Å². The Balaban J connectivity index is 2.26. The van der Waals surface area contributed by atoms with E-state index in [-0.39, 0.29) is 5.92 Å². The Morgan fingerprint density at radius 3 is 2.42 bits per heavy atom. The number of anilines is 1. The predicted octanol–water partition coefficient (Wildman–Crippen LogP) is 2.27. The Hall–Kier alpha value is -2.52. The topological polar surface area (TPSA) is 116 Å². The van der Waals surface area contributed by atoms with Gasteiger partial charge in [0.2, 0.25) is 11.7 Å². The largest absolute Gasteiger partial charge is 0.432 e.